The summed E-state index contributed by atoms with van der Waals surface area (Å²) in [5.41, 5.74) is 0. The van der Waals surface area contributed by atoms with E-state index >= 15 is 0 Å². The second-order valence-corrected chi connectivity index (χ2v) is 7.14. The summed E-state index contributed by atoms with van der Waals surface area (Å²) in [7, 11) is 1.66. The molecule has 0 saturated carbocycles. The molecule has 2 aromatic heterocycles. The number of furan rings is 1. The van der Waals surface area contributed by atoms with Crippen LogP contribution in [0.3, 0.4) is 0 Å². The van der Waals surface area contributed by atoms with E-state index in [1.54, 1.807) is 18.3 Å². The molecule has 2 aromatic rings. The molecule has 1 aliphatic rings. The Balaban J connectivity index is 1.63. The quantitative estimate of drug-likeness (QED) is 0.651. The van der Waals surface area contributed by atoms with Crippen LogP contribution in [0.2, 0.25) is 0 Å². The minimum atomic E-state index is 0.158. The Hall–Kier alpha value is -1.84. The standard InChI is InChI=1S/C17H25N5O3S/c1-3-20-6-8-21(9-7-20)15(23)13-26-17-19-18-16(14-5-4-11-25-14)22(17)10-12-24-2/h4-5,11H,3,6-10,12-13H2,1-2H3/p+1. The van der Waals surface area contributed by atoms with Crippen molar-refractivity contribution in [2.75, 3.05) is 52.2 Å². The topological polar surface area (TPSA) is 77.8 Å². The van der Waals surface area contributed by atoms with Gasteiger partial charge in [0.1, 0.15) is 0 Å². The number of thioether (sulfide) groups is 1. The van der Waals surface area contributed by atoms with Gasteiger partial charge in [-0.3, -0.25) is 9.36 Å². The first-order valence-corrected chi connectivity index (χ1v) is 9.91. The maximum atomic E-state index is 12.5. The number of rotatable bonds is 8. The van der Waals surface area contributed by atoms with Gasteiger partial charge >= 0.3 is 0 Å². The summed E-state index contributed by atoms with van der Waals surface area (Å²) < 4.78 is 12.6. The summed E-state index contributed by atoms with van der Waals surface area (Å²) in [4.78, 5) is 16.0. The average Bonchev–Trinajstić information content (AvgIpc) is 3.34. The molecule has 142 valence electrons. The normalized spacial score (nSPS) is 15.5. The number of amides is 1. The Morgan fingerprint density at radius 3 is 2.85 bits per heavy atom. The fraction of sp³-hybridized carbons (Fsp3) is 0.588. The largest absolute Gasteiger partial charge is 0.461 e. The number of hydrogen-bond donors (Lipinski definition) is 1. The molecular weight excluding hydrogens is 354 g/mol. The maximum absolute atomic E-state index is 12.5. The van der Waals surface area contributed by atoms with Gasteiger partial charge in [-0.25, -0.2) is 0 Å². The van der Waals surface area contributed by atoms with Gasteiger partial charge in [0, 0.05) is 7.11 Å². The number of quaternary nitrogens is 1. The van der Waals surface area contributed by atoms with E-state index < -0.39 is 0 Å². The number of piperazine rings is 1. The van der Waals surface area contributed by atoms with Crippen LogP contribution in [-0.4, -0.2) is 77.8 Å². The lowest BCUT2D eigenvalue weighted by Crippen LogP contribution is -3.14. The molecule has 0 radical (unpaired) electrons. The summed E-state index contributed by atoms with van der Waals surface area (Å²) in [6, 6.07) is 3.67. The Morgan fingerprint density at radius 2 is 2.19 bits per heavy atom. The minimum absolute atomic E-state index is 0.158. The molecule has 1 aliphatic heterocycles. The Morgan fingerprint density at radius 1 is 1.38 bits per heavy atom. The summed E-state index contributed by atoms with van der Waals surface area (Å²) in [5, 5.41) is 9.20. The van der Waals surface area contributed by atoms with Crippen LogP contribution in [0.1, 0.15) is 6.92 Å². The van der Waals surface area contributed by atoms with Gasteiger partial charge in [-0.1, -0.05) is 11.8 Å². The predicted octanol–water partition coefficient (Wildman–Crippen LogP) is 0.0236. The van der Waals surface area contributed by atoms with Gasteiger partial charge in [-0.2, -0.15) is 0 Å². The van der Waals surface area contributed by atoms with Gasteiger partial charge in [0.05, 0.1) is 57.9 Å². The van der Waals surface area contributed by atoms with Crippen molar-refractivity contribution >= 4 is 17.7 Å². The number of nitrogens with one attached hydrogen (secondary N) is 1. The molecular formula is C17H26N5O3S+. The molecule has 3 heterocycles. The highest BCUT2D eigenvalue weighted by molar-refractivity contribution is 7.99. The molecule has 0 aromatic carbocycles. The van der Waals surface area contributed by atoms with Crippen LogP contribution in [0.4, 0.5) is 0 Å². The van der Waals surface area contributed by atoms with Crippen molar-refractivity contribution in [3.8, 4) is 11.6 Å². The lowest BCUT2D eigenvalue weighted by atomic mass is 10.3. The van der Waals surface area contributed by atoms with Crippen LogP contribution in [0, 0.1) is 0 Å². The molecule has 1 amide bonds. The molecule has 1 N–H and O–H groups in total. The van der Waals surface area contributed by atoms with E-state index in [2.05, 4.69) is 17.1 Å². The number of carbonyl (C=O) groups is 1. The second kappa shape index (κ2) is 9.20. The van der Waals surface area contributed by atoms with Crippen molar-refractivity contribution in [1.82, 2.24) is 19.7 Å². The predicted molar refractivity (Wildman–Crippen MR) is 98.1 cm³/mol. The smallest absolute Gasteiger partial charge is 0.233 e. The Kier molecular flexibility index (Phi) is 6.70. The third kappa shape index (κ3) is 4.46. The first kappa shape index (κ1) is 18.9. The highest BCUT2D eigenvalue weighted by Gasteiger charge is 2.24. The number of hydrogen-bond acceptors (Lipinski definition) is 6. The molecule has 0 bridgehead atoms. The van der Waals surface area contributed by atoms with Crippen LogP contribution in [0.5, 0.6) is 0 Å². The van der Waals surface area contributed by atoms with Gasteiger partial charge in [0.25, 0.3) is 0 Å². The van der Waals surface area contributed by atoms with Crippen molar-refractivity contribution in [2.24, 2.45) is 0 Å². The number of methoxy groups -OCH3 is 1. The van der Waals surface area contributed by atoms with Crippen molar-refractivity contribution in [3.05, 3.63) is 18.4 Å². The van der Waals surface area contributed by atoms with E-state index in [0.29, 0.717) is 35.6 Å². The van der Waals surface area contributed by atoms with Crippen LogP contribution in [-0.2, 0) is 16.1 Å². The van der Waals surface area contributed by atoms with E-state index in [1.165, 1.54) is 11.8 Å². The highest BCUT2D eigenvalue weighted by Crippen LogP contribution is 2.24. The fourth-order valence-electron chi connectivity index (χ4n) is 3.01. The van der Waals surface area contributed by atoms with Crippen molar-refractivity contribution < 1.29 is 18.8 Å². The highest BCUT2D eigenvalue weighted by atomic mass is 32.2. The SMILES string of the molecule is CC[NH+]1CCN(C(=O)CSc2nnc(-c3ccco3)n2CCOC)CC1. The number of aromatic nitrogens is 3. The monoisotopic (exact) mass is 380 g/mol. The molecule has 9 heteroatoms. The number of carbonyl (C=O) groups excluding carboxylic acids is 1. The summed E-state index contributed by atoms with van der Waals surface area (Å²) >= 11 is 1.42. The van der Waals surface area contributed by atoms with Crippen LogP contribution in [0.15, 0.2) is 28.0 Å². The number of likely N-dealkylation sites (N-methyl/N-ethyl adjacent to an activating group) is 1. The van der Waals surface area contributed by atoms with Crippen molar-refractivity contribution in [2.45, 2.75) is 18.6 Å². The number of ether oxygens (including phenoxy) is 1. The van der Waals surface area contributed by atoms with Crippen LogP contribution >= 0.6 is 11.8 Å². The van der Waals surface area contributed by atoms with E-state index in [4.69, 9.17) is 9.15 Å². The molecule has 1 saturated heterocycles. The first-order valence-electron chi connectivity index (χ1n) is 8.93. The van der Waals surface area contributed by atoms with Crippen LogP contribution < -0.4 is 4.90 Å². The zero-order valence-electron chi connectivity index (χ0n) is 15.3. The van der Waals surface area contributed by atoms with Crippen LogP contribution in [0.25, 0.3) is 11.6 Å². The first-order chi connectivity index (χ1) is 12.7. The summed E-state index contributed by atoms with van der Waals surface area (Å²) in [5.74, 6) is 1.84. The van der Waals surface area contributed by atoms with Gasteiger partial charge in [0.15, 0.2) is 10.9 Å². The van der Waals surface area contributed by atoms with Gasteiger partial charge in [-0.05, 0) is 19.1 Å². The molecule has 0 spiro atoms. The van der Waals surface area contributed by atoms with E-state index in [0.717, 1.165) is 32.7 Å². The Labute approximate surface area is 157 Å². The second-order valence-electron chi connectivity index (χ2n) is 6.20. The summed E-state index contributed by atoms with van der Waals surface area (Å²) in [6.07, 6.45) is 1.61. The molecule has 0 atom stereocenters. The van der Waals surface area contributed by atoms with E-state index in [9.17, 15) is 4.79 Å². The zero-order valence-corrected chi connectivity index (χ0v) is 16.1. The average molecular weight is 380 g/mol. The summed E-state index contributed by atoms with van der Waals surface area (Å²) in [6.45, 7) is 8.16. The minimum Gasteiger partial charge on any atom is -0.461 e. The maximum Gasteiger partial charge on any atom is 0.233 e. The molecule has 3 rings (SSSR count). The lowest BCUT2D eigenvalue weighted by molar-refractivity contribution is -0.902. The number of nitrogens with zero attached hydrogens (tertiary/aromatic N) is 4. The zero-order chi connectivity index (χ0) is 18.4. The Bertz CT molecular complexity index is 695. The van der Waals surface area contributed by atoms with Gasteiger partial charge < -0.3 is 19.0 Å². The van der Waals surface area contributed by atoms with Gasteiger partial charge in [0.2, 0.25) is 11.7 Å². The van der Waals surface area contributed by atoms with E-state index in [-0.39, 0.29) is 5.91 Å². The molecule has 1 fully saturated rings. The lowest BCUT2D eigenvalue weighted by Gasteiger charge is -2.31. The molecule has 0 aliphatic carbocycles. The van der Waals surface area contributed by atoms with Gasteiger partial charge in [-0.15, -0.1) is 10.2 Å². The fourth-order valence-corrected chi connectivity index (χ4v) is 3.88. The molecule has 0 unspecified atom stereocenters. The van der Waals surface area contributed by atoms with Crippen molar-refractivity contribution in [1.29, 1.82) is 0 Å². The molecule has 26 heavy (non-hydrogen) atoms. The van der Waals surface area contributed by atoms with Crippen molar-refractivity contribution in [3.63, 3.8) is 0 Å². The molecule has 8 nitrogen and oxygen atoms in total. The third-order valence-electron chi connectivity index (χ3n) is 4.63. The van der Waals surface area contributed by atoms with E-state index in [1.807, 2.05) is 21.6 Å². The third-order valence-corrected chi connectivity index (χ3v) is 5.58.